The summed E-state index contributed by atoms with van der Waals surface area (Å²) in [5.74, 6) is -4.84. The van der Waals surface area contributed by atoms with Gasteiger partial charge in [0.15, 0.2) is 11.6 Å². The fourth-order valence-corrected chi connectivity index (χ4v) is 5.64. The van der Waals surface area contributed by atoms with Crippen LogP contribution in [-0.4, -0.2) is 134 Å². The number of fused-ring (bicyclic) bond motifs is 3. The third-order valence-electron chi connectivity index (χ3n) is 7.96. The van der Waals surface area contributed by atoms with Crippen molar-refractivity contribution >= 4 is 47.1 Å². The summed E-state index contributed by atoms with van der Waals surface area (Å²) in [6.45, 7) is 3.37. The number of hydrogen-bond donors (Lipinski definition) is 7. The van der Waals surface area contributed by atoms with E-state index in [2.05, 4.69) is 26.9 Å². The number of aliphatic hydroxyl groups is 2. The van der Waals surface area contributed by atoms with E-state index in [4.69, 9.17) is 16.3 Å². The third kappa shape index (κ3) is 6.86. The molecule has 0 aromatic rings. The molecule has 17 nitrogen and oxygen atoms in total. The van der Waals surface area contributed by atoms with Gasteiger partial charge in [0.25, 0.3) is 17.7 Å². The summed E-state index contributed by atoms with van der Waals surface area (Å²) >= 11 is 6.35. The highest BCUT2D eigenvalue weighted by molar-refractivity contribution is 6.21. The fourth-order valence-electron chi connectivity index (χ4n) is 5.40. The number of nitrogens with zero attached hydrogens (tertiary/aromatic N) is 3. The van der Waals surface area contributed by atoms with Crippen molar-refractivity contribution < 1.29 is 43.7 Å². The van der Waals surface area contributed by atoms with Crippen molar-refractivity contribution in [3.8, 4) is 0 Å². The Balaban J connectivity index is 1.73. The molecule has 8 atom stereocenters. The summed E-state index contributed by atoms with van der Waals surface area (Å²) in [4.78, 5) is 80.9. The van der Waals surface area contributed by atoms with Crippen LogP contribution >= 0.6 is 11.6 Å². The fraction of sp³-hybridized carbons (Fsp3) is 0.760. The van der Waals surface area contributed by atoms with Gasteiger partial charge in [-0.2, -0.15) is 0 Å². The Hall–Kier alpha value is -3.09. The zero-order chi connectivity index (χ0) is 31.6. The minimum Gasteiger partial charge on any atom is -0.451 e. The quantitative estimate of drug-likeness (QED) is 0.109. The van der Waals surface area contributed by atoms with Gasteiger partial charge in [0.05, 0.1) is 18.1 Å². The lowest BCUT2D eigenvalue weighted by Crippen LogP contribution is -2.71. The maximum atomic E-state index is 13.9. The Morgan fingerprint density at radius 1 is 0.884 bits per heavy atom. The average molecular weight is 631 g/mol. The van der Waals surface area contributed by atoms with Gasteiger partial charge in [0.2, 0.25) is 11.8 Å². The second kappa shape index (κ2) is 13.3. The molecule has 4 saturated heterocycles. The summed E-state index contributed by atoms with van der Waals surface area (Å²) in [7, 11) is 0. The number of alkyl halides is 1. The molecule has 0 aromatic carbocycles. The molecule has 0 aliphatic carbocycles. The highest BCUT2D eigenvalue weighted by Crippen LogP contribution is 2.23. The van der Waals surface area contributed by atoms with Gasteiger partial charge in [-0.05, 0) is 40.0 Å². The van der Waals surface area contributed by atoms with Crippen LogP contribution in [0.25, 0.3) is 0 Å². The number of esters is 1. The maximum absolute atomic E-state index is 13.9. The molecule has 4 rings (SSSR count). The van der Waals surface area contributed by atoms with Crippen molar-refractivity contribution in [1.29, 1.82) is 0 Å². The molecular formula is C25H39ClN8O9. The number of carbonyl (C=O) groups is 6. The van der Waals surface area contributed by atoms with E-state index in [9.17, 15) is 39.0 Å². The lowest BCUT2D eigenvalue weighted by atomic mass is 9.98. The molecule has 4 aliphatic heterocycles. The van der Waals surface area contributed by atoms with Crippen molar-refractivity contribution in [3.63, 3.8) is 0 Å². The van der Waals surface area contributed by atoms with E-state index in [1.54, 1.807) is 0 Å². The molecule has 240 valence electrons. The second-order valence-electron chi connectivity index (χ2n) is 11.4. The van der Waals surface area contributed by atoms with Gasteiger partial charge in [0.1, 0.15) is 24.2 Å². The van der Waals surface area contributed by atoms with Crippen LogP contribution in [0.4, 0.5) is 0 Å². The highest BCUT2D eigenvalue weighted by atomic mass is 35.5. The number of nitrogens with one attached hydrogen (secondary N) is 5. The Kier molecular flexibility index (Phi) is 10.1. The van der Waals surface area contributed by atoms with E-state index in [0.29, 0.717) is 13.0 Å². The number of hydrazine groups is 3. The van der Waals surface area contributed by atoms with Crippen LogP contribution in [0, 0.1) is 0 Å². The van der Waals surface area contributed by atoms with Crippen LogP contribution < -0.4 is 26.9 Å². The second-order valence-corrected chi connectivity index (χ2v) is 12.0. The average Bonchev–Trinajstić information content (AvgIpc) is 2.99. The number of hydrogen-bond acceptors (Lipinski definition) is 12. The first kappa shape index (κ1) is 32.8. The van der Waals surface area contributed by atoms with Crippen LogP contribution in [-0.2, 0) is 33.5 Å². The number of amides is 5. The summed E-state index contributed by atoms with van der Waals surface area (Å²) in [6, 6.07) is -4.79. The number of carbonyl (C=O) groups excluding carboxylic acids is 6. The van der Waals surface area contributed by atoms with Crippen LogP contribution in [0.3, 0.4) is 0 Å². The van der Waals surface area contributed by atoms with E-state index in [1.165, 1.54) is 20.8 Å². The van der Waals surface area contributed by atoms with Crippen LogP contribution in [0.2, 0.25) is 0 Å². The number of rotatable bonds is 1. The predicted octanol–water partition coefficient (Wildman–Crippen LogP) is -4.02. The Morgan fingerprint density at radius 3 is 2.23 bits per heavy atom. The van der Waals surface area contributed by atoms with Gasteiger partial charge in [-0.15, -0.1) is 11.6 Å². The van der Waals surface area contributed by atoms with Crippen molar-refractivity contribution in [2.24, 2.45) is 0 Å². The van der Waals surface area contributed by atoms with Gasteiger partial charge < -0.3 is 25.6 Å². The smallest absolute Gasteiger partial charge is 0.334 e. The topological polar surface area (TPSA) is 222 Å². The maximum Gasteiger partial charge on any atom is 0.334 e. The molecule has 0 bridgehead atoms. The summed E-state index contributed by atoms with van der Waals surface area (Å²) < 4.78 is 5.34. The number of β-amino-alcohol motifs (C(OH)–C–C–N with tert-alkyl or cyclic N) is 1. The first-order chi connectivity index (χ1) is 20.3. The molecule has 4 fully saturated rings. The molecular weight excluding hydrogens is 592 g/mol. The normalized spacial score (nSPS) is 37.3. The molecule has 5 amide bonds. The van der Waals surface area contributed by atoms with E-state index < -0.39 is 89.4 Å². The Morgan fingerprint density at radius 2 is 1.53 bits per heavy atom. The number of aliphatic hydroxyl groups excluding tert-OH is 2. The van der Waals surface area contributed by atoms with Gasteiger partial charge in [-0.1, -0.05) is 0 Å². The molecule has 4 heterocycles. The zero-order valence-electron chi connectivity index (χ0n) is 24.2. The van der Waals surface area contributed by atoms with Crippen molar-refractivity contribution in [2.75, 3.05) is 26.2 Å². The number of cyclic esters (lactones) is 1. The van der Waals surface area contributed by atoms with E-state index in [-0.39, 0.29) is 32.4 Å². The third-order valence-corrected chi connectivity index (χ3v) is 8.29. The molecule has 0 radical (unpaired) electrons. The largest absolute Gasteiger partial charge is 0.451 e. The minimum atomic E-state index is -2.05. The zero-order valence-corrected chi connectivity index (χ0v) is 24.9. The molecule has 0 aromatic heterocycles. The molecule has 0 saturated carbocycles. The van der Waals surface area contributed by atoms with Crippen LogP contribution in [0.5, 0.6) is 0 Å². The monoisotopic (exact) mass is 630 g/mol. The number of ether oxygens (including phenoxy) is 1. The molecule has 43 heavy (non-hydrogen) atoms. The molecule has 7 N–H and O–H groups in total. The van der Waals surface area contributed by atoms with Gasteiger partial charge in [-0.25, -0.2) is 21.1 Å². The van der Waals surface area contributed by atoms with E-state index >= 15 is 0 Å². The lowest BCUT2D eigenvalue weighted by Gasteiger charge is -2.44. The van der Waals surface area contributed by atoms with Gasteiger partial charge in [-0.3, -0.25) is 39.0 Å². The molecule has 0 unspecified atom stereocenters. The standard InChI is InChI=1S/C25H39ClN8O9/c1-12-21(39)34-18(7-14(26)9-28-34)23(41)33-17(8-15(36)10-29-33)20(38)31-25(3,11-35)24(42)43-13(2)22(40)32-16(19(37)30-12)5-4-6-27-32/h12-18,27-29,35-36H,4-11H2,1-3H3,(H,30,37)(H,31,38)/t12-,13-,14-,15-,16+,17-,18+,25-/m0/s1. The first-order valence-electron chi connectivity index (χ1n) is 14.2. The molecule has 0 spiro atoms. The number of halogens is 1. The predicted molar refractivity (Wildman–Crippen MR) is 147 cm³/mol. The highest BCUT2D eigenvalue weighted by Gasteiger charge is 2.48. The SMILES string of the molecule is C[C@@H]1NC(=O)[C@H]2CCCNN2C(=O)[C@H](C)OC(=O)[C@](C)(CO)NC(=O)[C@@H]2C[C@H](O)CNN2C(=O)[C@H]2C[C@H](Cl)CNN2C1=O. The summed E-state index contributed by atoms with van der Waals surface area (Å²) in [5.41, 5.74) is 6.33. The Labute approximate surface area is 252 Å². The summed E-state index contributed by atoms with van der Waals surface area (Å²) in [5, 5.41) is 28.0. The van der Waals surface area contributed by atoms with Gasteiger partial charge >= 0.3 is 5.97 Å². The van der Waals surface area contributed by atoms with Crippen molar-refractivity contribution in [3.05, 3.63) is 0 Å². The minimum absolute atomic E-state index is 0.00224. The van der Waals surface area contributed by atoms with Crippen LogP contribution in [0.15, 0.2) is 0 Å². The van der Waals surface area contributed by atoms with Crippen molar-refractivity contribution in [2.45, 2.75) is 93.7 Å². The van der Waals surface area contributed by atoms with Crippen LogP contribution in [0.1, 0.15) is 46.5 Å². The van der Waals surface area contributed by atoms with Crippen molar-refractivity contribution in [1.82, 2.24) is 41.9 Å². The van der Waals surface area contributed by atoms with Gasteiger partial charge in [0, 0.05) is 26.1 Å². The summed E-state index contributed by atoms with van der Waals surface area (Å²) in [6.07, 6.45) is -1.93. The van der Waals surface area contributed by atoms with E-state index in [1.807, 2.05) is 0 Å². The Bertz CT molecular complexity index is 1150. The first-order valence-corrected chi connectivity index (χ1v) is 14.7. The molecule has 4 aliphatic rings. The van der Waals surface area contributed by atoms with E-state index in [0.717, 1.165) is 15.0 Å². The lowest BCUT2D eigenvalue weighted by molar-refractivity contribution is -0.171. The molecule has 18 heteroatoms.